The molecule has 4 nitrogen and oxygen atoms in total. The Morgan fingerprint density at radius 3 is 2.63 bits per heavy atom. The minimum Gasteiger partial charge on any atom is -0.386 e. The first-order valence-electron chi connectivity index (χ1n) is 6.26. The van der Waals surface area contributed by atoms with Crippen molar-refractivity contribution in [3.8, 4) is 0 Å². The van der Waals surface area contributed by atoms with Crippen LogP contribution < -0.4 is 10.2 Å². The van der Waals surface area contributed by atoms with Gasteiger partial charge >= 0.3 is 0 Å². The molecule has 19 heavy (non-hydrogen) atoms. The number of aromatic nitrogens is 1. The zero-order valence-electron chi connectivity index (χ0n) is 11.1. The van der Waals surface area contributed by atoms with Crippen LogP contribution in [-0.4, -0.2) is 24.5 Å². The second kappa shape index (κ2) is 6.00. The zero-order valence-corrected chi connectivity index (χ0v) is 11.1. The molecule has 1 heterocycles. The summed E-state index contributed by atoms with van der Waals surface area (Å²) in [5.74, 6) is -0.0274. The Labute approximate surface area is 113 Å². The zero-order chi connectivity index (χ0) is 13.7. The number of pyridine rings is 1. The molecule has 0 saturated carbocycles. The number of benzene rings is 1. The molecule has 0 aliphatic carbocycles. The molecule has 0 aliphatic heterocycles. The van der Waals surface area contributed by atoms with Crippen molar-refractivity contribution in [2.45, 2.75) is 6.92 Å². The highest BCUT2D eigenvalue weighted by atomic mass is 16.2. The van der Waals surface area contributed by atoms with Gasteiger partial charge in [-0.3, -0.25) is 9.78 Å². The summed E-state index contributed by atoms with van der Waals surface area (Å²) in [6.45, 7) is 2.58. The van der Waals surface area contributed by atoms with E-state index in [4.69, 9.17) is 0 Å². The van der Waals surface area contributed by atoms with Gasteiger partial charge in [0.2, 0.25) is 0 Å². The fourth-order valence-corrected chi connectivity index (χ4v) is 1.98. The van der Waals surface area contributed by atoms with Gasteiger partial charge in [-0.25, -0.2) is 0 Å². The van der Waals surface area contributed by atoms with Crippen LogP contribution in [0.4, 0.5) is 11.4 Å². The van der Waals surface area contributed by atoms with Gasteiger partial charge in [-0.1, -0.05) is 18.2 Å². The van der Waals surface area contributed by atoms with Crippen LogP contribution in [-0.2, 0) is 0 Å². The second-order valence-corrected chi connectivity index (χ2v) is 4.06. The molecule has 0 atom stereocenters. The Balaban J connectivity index is 2.36. The highest BCUT2D eigenvalue weighted by molar-refractivity contribution is 6.09. The molecule has 2 aromatic rings. The van der Waals surface area contributed by atoms with Crippen molar-refractivity contribution in [1.29, 1.82) is 0 Å². The van der Waals surface area contributed by atoms with E-state index >= 15 is 0 Å². The Kier molecular flexibility index (Phi) is 4.13. The second-order valence-electron chi connectivity index (χ2n) is 4.06. The Morgan fingerprint density at radius 2 is 2.00 bits per heavy atom. The number of hydrogen-bond acceptors (Lipinski definition) is 3. The van der Waals surface area contributed by atoms with E-state index in [0.717, 1.165) is 11.4 Å². The van der Waals surface area contributed by atoms with Crippen LogP contribution in [0.1, 0.15) is 17.3 Å². The predicted molar refractivity (Wildman–Crippen MR) is 77.6 cm³/mol. The highest BCUT2D eigenvalue weighted by Gasteiger charge is 2.18. The lowest BCUT2D eigenvalue weighted by Gasteiger charge is -2.22. The van der Waals surface area contributed by atoms with Crippen LogP contribution >= 0.6 is 0 Å². The number of nitrogens with zero attached hydrogens (tertiary/aromatic N) is 2. The van der Waals surface area contributed by atoms with Gasteiger partial charge in [0.05, 0.1) is 17.4 Å². The van der Waals surface area contributed by atoms with Gasteiger partial charge in [0.1, 0.15) is 0 Å². The largest absolute Gasteiger partial charge is 0.386 e. The van der Waals surface area contributed by atoms with Gasteiger partial charge in [-0.2, -0.15) is 0 Å². The summed E-state index contributed by atoms with van der Waals surface area (Å²) >= 11 is 0. The van der Waals surface area contributed by atoms with E-state index in [1.807, 2.05) is 37.3 Å². The average Bonchev–Trinajstić information content (AvgIpc) is 2.49. The van der Waals surface area contributed by atoms with E-state index in [-0.39, 0.29) is 5.91 Å². The molecule has 0 spiro atoms. The van der Waals surface area contributed by atoms with E-state index in [2.05, 4.69) is 10.3 Å². The molecule has 0 saturated heterocycles. The van der Waals surface area contributed by atoms with E-state index in [9.17, 15) is 4.79 Å². The number of anilines is 2. The maximum atomic E-state index is 12.6. The third-order valence-electron chi connectivity index (χ3n) is 2.95. The van der Waals surface area contributed by atoms with Crippen molar-refractivity contribution in [1.82, 2.24) is 4.98 Å². The summed E-state index contributed by atoms with van der Waals surface area (Å²) in [5.41, 5.74) is 2.26. The topological polar surface area (TPSA) is 45.2 Å². The molecule has 1 aromatic heterocycles. The monoisotopic (exact) mass is 255 g/mol. The highest BCUT2D eigenvalue weighted by Crippen LogP contribution is 2.20. The molecular formula is C15H17N3O. The van der Waals surface area contributed by atoms with Crippen LogP contribution in [0.3, 0.4) is 0 Å². The number of amides is 1. The standard InChI is InChI=1S/C15H17N3O/c1-3-18(12-7-5-4-6-8-12)15(19)13-9-10-17-11-14(13)16-2/h4-11,16H,3H2,1-2H3. The molecule has 1 amide bonds. The van der Waals surface area contributed by atoms with E-state index in [1.54, 1.807) is 30.4 Å². The lowest BCUT2D eigenvalue weighted by Crippen LogP contribution is -2.31. The number of nitrogens with one attached hydrogen (secondary N) is 1. The van der Waals surface area contributed by atoms with Gasteiger partial charge in [0.25, 0.3) is 5.91 Å². The maximum absolute atomic E-state index is 12.6. The number of para-hydroxylation sites is 1. The van der Waals surface area contributed by atoms with Crippen molar-refractivity contribution in [2.24, 2.45) is 0 Å². The van der Waals surface area contributed by atoms with Gasteiger partial charge in [-0.05, 0) is 25.1 Å². The van der Waals surface area contributed by atoms with Gasteiger partial charge in [-0.15, -0.1) is 0 Å². The lowest BCUT2D eigenvalue weighted by atomic mass is 10.1. The van der Waals surface area contributed by atoms with Crippen LogP contribution in [0.15, 0.2) is 48.8 Å². The predicted octanol–water partition coefficient (Wildman–Crippen LogP) is 2.79. The summed E-state index contributed by atoms with van der Waals surface area (Å²) in [6.07, 6.45) is 3.29. The fraction of sp³-hybridized carbons (Fsp3) is 0.200. The number of rotatable bonds is 4. The van der Waals surface area contributed by atoms with Crippen LogP contribution in [0, 0.1) is 0 Å². The first-order chi connectivity index (χ1) is 9.27. The van der Waals surface area contributed by atoms with Gasteiger partial charge in [0.15, 0.2) is 0 Å². The quantitative estimate of drug-likeness (QED) is 0.913. The molecule has 1 aromatic carbocycles. The summed E-state index contributed by atoms with van der Waals surface area (Å²) in [6, 6.07) is 11.4. The average molecular weight is 255 g/mol. The Morgan fingerprint density at radius 1 is 1.26 bits per heavy atom. The molecule has 2 rings (SSSR count). The molecule has 0 unspecified atom stereocenters. The molecule has 0 bridgehead atoms. The van der Waals surface area contributed by atoms with E-state index in [0.29, 0.717) is 12.1 Å². The Bertz CT molecular complexity index is 554. The van der Waals surface area contributed by atoms with Gasteiger partial charge in [0, 0.05) is 25.5 Å². The molecule has 0 aliphatic rings. The van der Waals surface area contributed by atoms with Crippen molar-refractivity contribution in [3.63, 3.8) is 0 Å². The third-order valence-corrected chi connectivity index (χ3v) is 2.95. The van der Waals surface area contributed by atoms with Crippen molar-refractivity contribution < 1.29 is 4.79 Å². The number of carbonyl (C=O) groups excluding carboxylic acids is 1. The fourth-order valence-electron chi connectivity index (χ4n) is 1.98. The maximum Gasteiger partial charge on any atom is 0.260 e. The SMILES string of the molecule is CCN(C(=O)c1ccncc1NC)c1ccccc1. The molecule has 4 heteroatoms. The third kappa shape index (κ3) is 2.73. The van der Waals surface area contributed by atoms with Crippen molar-refractivity contribution in [3.05, 3.63) is 54.4 Å². The van der Waals surface area contributed by atoms with Gasteiger partial charge < -0.3 is 10.2 Å². The summed E-state index contributed by atoms with van der Waals surface area (Å²) < 4.78 is 0. The molecular weight excluding hydrogens is 238 g/mol. The lowest BCUT2D eigenvalue weighted by molar-refractivity contribution is 0.0989. The van der Waals surface area contributed by atoms with Crippen molar-refractivity contribution in [2.75, 3.05) is 23.8 Å². The number of hydrogen-bond donors (Lipinski definition) is 1. The molecule has 1 N–H and O–H groups in total. The first-order valence-corrected chi connectivity index (χ1v) is 6.26. The summed E-state index contributed by atoms with van der Waals surface area (Å²) in [5, 5.41) is 3.00. The Hall–Kier alpha value is -2.36. The molecule has 0 fully saturated rings. The van der Waals surface area contributed by atoms with Crippen LogP contribution in [0.25, 0.3) is 0 Å². The van der Waals surface area contributed by atoms with E-state index < -0.39 is 0 Å². The molecule has 0 radical (unpaired) electrons. The van der Waals surface area contributed by atoms with Crippen LogP contribution in [0.2, 0.25) is 0 Å². The van der Waals surface area contributed by atoms with Crippen LogP contribution in [0.5, 0.6) is 0 Å². The first kappa shape index (κ1) is 13.1. The smallest absolute Gasteiger partial charge is 0.260 e. The minimum atomic E-state index is -0.0274. The molecule has 98 valence electrons. The number of carbonyl (C=O) groups is 1. The summed E-state index contributed by atoms with van der Waals surface area (Å²) in [4.78, 5) is 18.4. The van der Waals surface area contributed by atoms with E-state index in [1.165, 1.54) is 0 Å². The summed E-state index contributed by atoms with van der Waals surface area (Å²) in [7, 11) is 1.78. The normalized spacial score (nSPS) is 10.0. The minimum absolute atomic E-state index is 0.0274. The van der Waals surface area contributed by atoms with Crippen molar-refractivity contribution >= 4 is 17.3 Å².